The smallest absolute Gasteiger partial charge is 0.257 e. The molecule has 0 aliphatic heterocycles. The van der Waals surface area contributed by atoms with Crippen LogP contribution in [0, 0.1) is 28.8 Å². The van der Waals surface area contributed by atoms with Gasteiger partial charge in [0, 0.05) is 18.6 Å². The van der Waals surface area contributed by atoms with E-state index in [1.165, 1.54) is 0 Å². The number of primary amides is 1. The van der Waals surface area contributed by atoms with Gasteiger partial charge in [0.2, 0.25) is 5.91 Å². The lowest BCUT2D eigenvalue weighted by Crippen LogP contribution is -2.44. The summed E-state index contributed by atoms with van der Waals surface area (Å²) in [5.74, 6) is -6.05. The van der Waals surface area contributed by atoms with Crippen LogP contribution in [0.15, 0.2) is 12.1 Å². The van der Waals surface area contributed by atoms with E-state index in [0.29, 0.717) is 12.1 Å². The minimum atomic E-state index is -1.38. The molecule has 1 aromatic rings. The number of nitrogens with two attached hydrogens (primary N) is 1. The molecule has 3 N–H and O–H groups in total. The molecule has 8 heteroatoms. The molecule has 1 aromatic carbocycles. The fourth-order valence-corrected chi connectivity index (χ4v) is 1.66. The van der Waals surface area contributed by atoms with E-state index < -0.39 is 40.9 Å². The summed E-state index contributed by atoms with van der Waals surface area (Å²) < 4.78 is 39.6. The van der Waals surface area contributed by atoms with Crippen LogP contribution in [0.1, 0.15) is 29.6 Å². The molecule has 1 atom stereocenters. The Morgan fingerprint density at radius 2 is 1.86 bits per heavy atom. The van der Waals surface area contributed by atoms with Crippen molar-refractivity contribution in [3.05, 3.63) is 35.1 Å². The Hall–Kier alpha value is -2.56. The van der Waals surface area contributed by atoms with Gasteiger partial charge < -0.3 is 11.1 Å². The van der Waals surface area contributed by atoms with E-state index in [9.17, 15) is 22.8 Å². The summed E-state index contributed by atoms with van der Waals surface area (Å²) in [6.45, 7) is 0. The van der Waals surface area contributed by atoms with Crippen LogP contribution in [-0.2, 0) is 4.79 Å². The maximum absolute atomic E-state index is 13.4. The first-order valence-electron chi connectivity index (χ1n) is 5.98. The first-order valence-corrected chi connectivity index (χ1v) is 5.98. The number of nitriles is 1. The number of benzene rings is 1. The number of carbonyl (C=O) groups excluding carboxylic acids is 2. The molecule has 0 unspecified atom stereocenters. The number of nitrogens with one attached hydrogen (secondary N) is 1. The Kier molecular flexibility index (Phi) is 5.72. The van der Waals surface area contributed by atoms with Crippen LogP contribution in [-0.4, -0.2) is 17.9 Å². The van der Waals surface area contributed by atoms with E-state index in [2.05, 4.69) is 5.32 Å². The van der Waals surface area contributed by atoms with E-state index in [1.807, 2.05) is 6.07 Å². The number of halogens is 3. The molecule has 0 heterocycles. The minimum absolute atomic E-state index is 0.0546. The van der Waals surface area contributed by atoms with E-state index in [4.69, 9.17) is 11.0 Å². The van der Waals surface area contributed by atoms with Crippen molar-refractivity contribution in [2.45, 2.75) is 25.3 Å². The van der Waals surface area contributed by atoms with Gasteiger partial charge in [0.05, 0.1) is 6.07 Å². The van der Waals surface area contributed by atoms with Crippen molar-refractivity contribution < 1.29 is 22.8 Å². The zero-order valence-electron chi connectivity index (χ0n) is 10.8. The van der Waals surface area contributed by atoms with Crippen molar-refractivity contribution in [3.8, 4) is 6.07 Å². The Balaban J connectivity index is 2.88. The zero-order chi connectivity index (χ0) is 16.0. The minimum Gasteiger partial charge on any atom is -0.368 e. The second-order valence-corrected chi connectivity index (χ2v) is 4.22. The number of hydrogen-bond donors (Lipinski definition) is 2. The Morgan fingerprint density at radius 1 is 1.29 bits per heavy atom. The largest absolute Gasteiger partial charge is 0.368 e. The van der Waals surface area contributed by atoms with Crippen molar-refractivity contribution >= 4 is 11.8 Å². The van der Waals surface area contributed by atoms with Crippen molar-refractivity contribution in [1.82, 2.24) is 5.32 Å². The summed E-state index contributed by atoms with van der Waals surface area (Å²) in [6.07, 6.45) is 0.469. The predicted octanol–water partition coefficient (Wildman–Crippen LogP) is 1.38. The number of carbonyl (C=O) groups is 2. The number of amides is 2. The van der Waals surface area contributed by atoms with Crippen LogP contribution in [0.3, 0.4) is 0 Å². The molecule has 0 aromatic heterocycles. The van der Waals surface area contributed by atoms with Crippen molar-refractivity contribution in [1.29, 1.82) is 5.26 Å². The highest BCUT2D eigenvalue weighted by molar-refractivity contribution is 5.97. The lowest BCUT2D eigenvalue weighted by Gasteiger charge is -2.15. The molecule has 2 amide bonds. The van der Waals surface area contributed by atoms with Gasteiger partial charge in [-0.3, -0.25) is 9.59 Å². The summed E-state index contributed by atoms with van der Waals surface area (Å²) in [4.78, 5) is 22.9. The van der Waals surface area contributed by atoms with Gasteiger partial charge in [-0.1, -0.05) is 0 Å². The molecule has 21 heavy (non-hydrogen) atoms. The van der Waals surface area contributed by atoms with Crippen molar-refractivity contribution in [2.75, 3.05) is 0 Å². The van der Waals surface area contributed by atoms with Crippen LogP contribution in [0.2, 0.25) is 0 Å². The average molecular weight is 299 g/mol. The van der Waals surface area contributed by atoms with Gasteiger partial charge in [-0.05, 0) is 12.8 Å². The first kappa shape index (κ1) is 16.5. The zero-order valence-corrected chi connectivity index (χ0v) is 10.8. The SMILES string of the molecule is N#CCCC[C@@H](NC(=O)c1c(F)cc(F)cc1F)C(N)=O. The van der Waals surface area contributed by atoms with Gasteiger partial charge in [-0.2, -0.15) is 5.26 Å². The normalized spacial score (nSPS) is 11.5. The van der Waals surface area contributed by atoms with Gasteiger partial charge >= 0.3 is 0 Å². The molecular weight excluding hydrogens is 287 g/mol. The maximum atomic E-state index is 13.4. The third kappa shape index (κ3) is 4.49. The molecule has 112 valence electrons. The van der Waals surface area contributed by atoms with Crippen LogP contribution >= 0.6 is 0 Å². The van der Waals surface area contributed by atoms with E-state index in [1.54, 1.807) is 0 Å². The van der Waals surface area contributed by atoms with Crippen molar-refractivity contribution in [2.24, 2.45) is 5.73 Å². The van der Waals surface area contributed by atoms with Gasteiger partial charge in [0.15, 0.2) is 0 Å². The predicted molar refractivity (Wildman–Crippen MR) is 66.2 cm³/mol. The van der Waals surface area contributed by atoms with Crippen LogP contribution in [0.4, 0.5) is 13.2 Å². The summed E-state index contributed by atoms with van der Waals surface area (Å²) in [6, 6.07) is 1.38. The Morgan fingerprint density at radius 3 is 2.33 bits per heavy atom. The molecule has 0 fully saturated rings. The maximum Gasteiger partial charge on any atom is 0.257 e. The molecule has 0 saturated heterocycles. The molecule has 5 nitrogen and oxygen atoms in total. The third-order valence-corrected chi connectivity index (χ3v) is 2.66. The number of nitrogens with zero attached hydrogens (tertiary/aromatic N) is 1. The van der Waals surface area contributed by atoms with Gasteiger partial charge in [-0.25, -0.2) is 13.2 Å². The van der Waals surface area contributed by atoms with Crippen LogP contribution in [0.5, 0.6) is 0 Å². The highest BCUT2D eigenvalue weighted by Gasteiger charge is 2.24. The van der Waals surface area contributed by atoms with Gasteiger partial charge in [0.1, 0.15) is 29.1 Å². The first-order chi connectivity index (χ1) is 9.86. The molecule has 0 spiro atoms. The van der Waals surface area contributed by atoms with Crippen molar-refractivity contribution in [3.63, 3.8) is 0 Å². The quantitative estimate of drug-likeness (QED) is 0.777. The molecule has 0 aliphatic rings. The molecule has 0 bridgehead atoms. The summed E-state index contributed by atoms with van der Waals surface area (Å²) in [7, 11) is 0. The third-order valence-electron chi connectivity index (χ3n) is 2.66. The topological polar surface area (TPSA) is 96.0 Å². The van der Waals surface area contributed by atoms with E-state index in [-0.39, 0.29) is 19.3 Å². The van der Waals surface area contributed by atoms with E-state index in [0.717, 1.165) is 0 Å². The van der Waals surface area contributed by atoms with E-state index >= 15 is 0 Å². The number of unbranched alkanes of at least 4 members (excludes halogenated alkanes) is 1. The second kappa shape index (κ2) is 7.28. The second-order valence-electron chi connectivity index (χ2n) is 4.22. The summed E-state index contributed by atoms with van der Waals surface area (Å²) in [5, 5.41) is 10.5. The lowest BCUT2D eigenvalue weighted by molar-refractivity contribution is -0.120. The number of rotatable bonds is 6. The number of hydrogen-bond acceptors (Lipinski definition) is 3. The van der Waals surface area contributed by atoms with Gasteiger partial charge in [0.25, 0.3) is 5.91 Å². The fourth-order valence-electron chi connectivity index (χ4n) is 1.66. The molecule has 0 radical (unpaired) electrons. The highest BCUT2D eigenvalue weighted by Crippen LogP contribution is 2.15. The molecule has 0 saturated carbocycles. The molecule has 0 aliphatic carbocycles. The van der Waals surface area contributed by atoms with Crippen LogP contribution < -0.4 is 11.1 Å². The standard InChI is InChI=1S/C13H12F3N3O2/c14-7-5-8(15)11(9(16)6-7)13(21)19-10(12(18)20)3-1-2-4-17/h5-6,10H,1-3H2,(H2,18,20)(H,19,21)/t10-/m1/s1. The molecule has 1 rings (SSSR count). The van der Waals surface area contributed by atoms with Gasteiger partial charge in [-0.15, -0.1) is 0 Å². The Labute approximate surface area is 118 Å². The summed E-state index contributed by atoms with van der Waals surface area (Å²) in [5.41, 5.74) is 4.06. The monoisotopic (exact) mass is 299 g/mol. The average Bonchev–Trinajstić information content (AvgIpc) is 2.36. The lowest BCUT2D eigenvalue weighted by atomic mass is 10.1. The molecular formula is C13H12F3N3O2. The summed E-state index contributed by atoms with van der Waals surface area (Å²) >= 11 is 0. The Bertz CT molecular complexity index is 576. The fraction of sp³-hybridized carbons (Fsp3) is 0.308. The van der Waals surface area contributed by atoms with Crippen LogP contribution in [0.25, 0.3) is 0 Å². The highest BCUT2D eigenvalue weighted by atomic mass is 19.1.